The summed E-state index contributed by atoms with van der Waals surface area (Å²) in [6.07, 6.45) is 1.48. The zero-order chi connectivity index (χ0) is 23.2. The summed E-state index contributed by atoms with van der Waals surface area (Å²) in [6, 6.07) is 20.1. The van der Waals surface area contributed by atoms with Crippen LogP contribution in [0.3, 0.4) is 0 Å². The van der Waals surface area contributed by atoms with Crippen molar-refractivity contribution in [3.63, 3.8) is 0 Å². The molecule has 0 saturated heterocycles. The lowest BCUT2D eigenvalue weighted by molar-refractivity contribution is 0.103. The standard InChI is InChI=1S/C25H22N4O4/c1-33-13-12-29-16-26-22-11-10-20(15-21(22)24(29)31)28-25(32)27-19-9-5-8-18(14-19)23(30)17-6-3-2-4-7-17/h2-11,14-16H,12-13H2,1H3,(H2,27,28,32). The van der Waals surface area contributed by atoms with Crippen LogP contribution in [0.4, 0.5) is 16.2 Å². The molecule has 1 aromatic heterocycles. The average Bonchev–Trinajstić information content (AvgIpc) is 2.84. The number of hydrogen-bond acceptors (Lipinski definition) is 5. The summed E-state index contributed by atoms with van der Waals surface area (Å²) < 4.78 is 6.48. The van der Waals surface area contributed by atoms with Gasteiger partial charge in [0.25, 0.3) is 5.56 Å². The van der Waals surface area contributed by atoms with Crippen LogP contribution < -0.4 is 16.2 Å². The summed E-state index contributed by atoms with van der Waals surface area (Å²) in [5.41, 5.74) is 2.27. The van der Waals surface area contributed by atoms with Crippen molar-refractivity contribution < 1.29 is 14.3 Å². The number of fused-ring (bicyclic) bond motifs is 1. The Bertz CT molecular complexity index is 1370. The maximum Gasteiger partial charge on any atom is 0.323 e. The Hall–Kier alpha value is -4.30. The molecule has 0 aliphatic heterocycles. The summed E-state index contributed by atoms with van der Waals surface area (Å²) >= 11 is 0. The maximum atomic E-state index is 12.7. The van der Waals surface area contributed by atoms with Crippen molar-refractivity contribution in [1.29, 1.82) is 0 Å². The van der Waals surface area contributed by atoms with Crippen LogP contribution in [0, 0.1) is 0 Å². The lowest BCUT2D eigenvalue weighted by Crippen LogP contribution is -2.23. The first-order valence-electron chi connectivity index (χ1n) is 10.3. The molecule has 1 heterocycles. The Balaban J connectivity index is 1.49. The molecule has 0 spiro atoms. The number of hydrogen-bond donors (Lipinski definition) is 2. The van der Waals surface area contributed by atoms with Gasteiger partial charge in [-0.15, -0.1) is 0 Å². The van der Waals surface area contributed by atoms with Crippen molar-refractivity contribution in [2.24, 2.45) is 0 Å². The fourth-order valence-electron chi connectivity index (χ4n) is 3.37. The number of nitrogens with one attached hydrogen (secondary N) is 2. The van der Waals surface area contributed by atoms with E-state index in [1.807, 2.05) is 6.07 Å². The molecule has 166 valence electrons. The highest BCUT2D eigenvalue weighted by Gasteiger charge is 2.11. The van der Waals surface area contributed by atoms with Crippen LogP contribution in [0.2, 0.25) is 0 Å². The molecule has 0 radical (unpaired) electrons. The molecule has 4 rings (SSSR count). The Labute approximate surface area is 189 Å². The number of carbonyl (C=O) groups is 2. The highest BCUT2D eigenvalue weighted by Crippen LogP contribution is 2.17. The van der Waals surface area contributed by atoms with Gasteiger partial charge in [-0.05, 0) is 30.3 Å². The van der Waals surface area contributed by atoms with Gasteiger partial charge >= 0.3 is 6.03 Å². The Morgan fingerprint density at radius 1 is 0.909 bits per heavy atom. The number of ether oxygens (including phenoxy) is 1. The predicted octanol–water partition coefficient (Wildman–Crippen LogP) is 3.92. The van der Waals surface area contributed by atoms with Crippen molar-refractivity contribution in [1.82, 2.24) is 9.55 Å². The SMILES string of the molecule is COCCn1cnc2ccc(NC(=O)Nc3cccc(C(=O)c4ccccc4)c3)cc2c1=O. The van der Waals surface area contributed by atoms with Gasteiger partial charge in [-0.3, -0.25) is 14.2 Å². The van der Waals surface area contributed by atoms with Crippen molar-refractivity contribution in [2.75, 3.05) is 24.4 Å². The fraction of sp³-hybridized carbons (Fsp3) is 0.120. The number of ketones is 1. The largest absolute Gasteiger partial charge is 0.383 e. The fourth-order valence-corrected chi connectivity index (χ4v) is 3.37. The van der Waals surface area contributed by atoms with E-state index in [9.17, 15) is 14.4 Å². The Morgan fingerprint density at radius 3 is 2.39 bits per heavy atom. The molecule has 0 aliphatic rings. The Morgan fingerprint density at radius 2 is 1.64 bits per heavy atom. The van der Waals surface area contributed by atoms with Crippen molar-refractivity contribution in [3.05, 3.63) is 101 Å². The molecule has 0 atom stereocenters. The van der Waals surface area contributed by atoms with Crippen molar-refractivity contribution in [2.45, 2.75) is 6.54 Å². The molecular formula is C25H22N4O4. The minimum Gasteiger partial charge on any atom is -0.383 e. The molecule has 2 amide bonds. The molecule has 0 unspecified atom stereocenters. The lowest BCUT2D eigenvalue weighted by Gasteiger charge is -2.10. The smallest absolute Gasteiger partial charge is 0.323 e. The first-order valence-corrected chi connectivity index (χ1v) is 10.3. The number of nitrogens with zero attached hydrogens (tertiary/aromatic N) is 2. The van der Waals surface area contributed by atoms with Gasteiger partial charge in [0.15, 0.2) is 5.78 Å². The number of amides is 2. The lowest BCUT2D eigenvalue weighted by atomic mass is 10.0. The summed E-state index contributed by atoms with van der Waals surface area (Å²) in [6.45, 7) is 0.772. The van der Waals surface area contributed by atoms with Crippen molar-refractivity contribution >= 4 is 34.1 Å². The minimum absolute atomic E-state index is 0.133. The first-order chi connectivity index (χ1) is 16.0. The Kier molecular flexibility index (Phi) is 6.56. The molecule has 8 nitrogen and oxygen atoms in total. The minimum atomic E-state index is -0.498. The summed E-state index contributed by atoms with van der Waals surface area (Å²) in [7, 11) is 1.56. The number of aromatic nitrogens is 2. The van der Waals surface area contributed by atoms with E-state index in [0.717, 1.165) is 0 Å². The quantitative estimate of drug-likeness (QED) is 0.423. The number of methoxy groups -OCH3 is 1. The second-order valence-corrected chi connectivity index (χ2v) is 7.32. The van der Waals surface area contributed by atoms with E-state index in [-0.39, 0.29) is 11.3 Å². The molecule has 0 aliphatic carbocycles. The maximum absolute atomic E-state index is 12.7. The van der Waals surface area contributed by atoms with E-state index < -0.39 is 6.03 Å². The van der Waals surface area contributed by atoms with E-state index >= 15 is 0 Å². The summed E-state index contributed by atoms with van der Waals surface area (Å²) in [5, 5.41) is 5.83. The van der Waals surface area contributed by atoms with Crippen LogP contribution in [0.1, 0.15) is 15.9 Å². The average molecular weight is 442 g/mol. The van der Waals surface area contributed by atoms with E-state index in [1.54, 1.807) is 73.8 Å². The number of benzene rings is 3. The number of carbonyl (C=O) groups excluding carboxylic acids is 2. The van der Waals surface area contributed by atoms with Crippen LogP contribution in [0.5, 0.6) is 0 Å². The highest BCUT2D eigenvalue weighted by molar-refractivity contribution is 6.10. The van der Waals surface area contributed by atoms with Crippen LogP contribution in [0.25, 0.3) is 10.9 Å². The molecule has 4 aromatic rings. The van der Waals surface area contributed by atoms with Crippen LogP contribution in [-0.2, 0) is 11.3 Å². The topological polar surface area (TPSA) is 102 Å². The van der Waals surface area contributed by atoms with Crippen molar-refractivity contribution in [3.8, 4) is 0 Å². The van der Waals surface area contributed by atoms with Gasteiger partial charge < -0.3 is 15.4 Å². The van der Waals surface area contributed by atoms with Crippen LogP contribution >= 0.6 is 0 Å². The third-order valence-corrected chi connectivity index (χ3v) is 5.04. The second kappa shape index (κ2) is 9.88. The van der Waals surface area contributed by atoms with E-state index in [1.165, 1.54) is 10.9 Å². The third kappa shape index (κ3) is 5.13. The molecule has 3 aromatic carbocycles. The van der Waals surface area contributed by atoms with E-state index in [0.29, 0.717) is 46.6 Å². The molecule has 33 heavy (non-hydrogen) atoms. The molecule has 0 fully saturated rings. The molecule has 0 saturated carbocycles. The molecular weight excluding hydrogens is 420 g/mol. The highest BCUT2D eigenvalue weighted by atomic mass is 16.5. The summed E-state index contributed by atoms with van der Waals surface area (Å²) in [5.74, 6) is -0.133. The van der Waals surface area contributed by atoms with Gasteiger partial charge in [0, 0.05) is 29.6 Å². The number of rotatable bonds is 7. The zero-order valence-electron chi connectivity index (χ0n) is 17.9. The van der Waals surface area contributed by atoms with E-state index in [4.69, 9.17) is 4.74 Å². The molecule has 2 N–H and O–H groups in total. The third-order valence-electron chi connectivity index (χ3n) is 5.04. The zero-order valence-corrected chi connectivity index (χ0v) is 17.9. The first kappa shape index (κ1) is 21.9. The normalized spacial score (nSPS) is 10.7. The number of anilines is 2. The van der Waals surface area contributed by atoms with E-state index in [2.05, 4.69) is 15.6 Å². The van der Waals surface area contributed by atoms with Gasteiger partial charge in [-0.2, -0.15) is 0 Å². The van der Waals surface area contributed by atoms with Gasteiger partial charge in [-0.25, -0.2) is 9.78 Å². The van der Waals surface area contributed by atoms with Crippen LogP contribution in [-0.4, -0.2) is 35.1 Å². The predicted molar refractivity (Wildman–Crippen MR) is 127 cm³/mol. The van der Waals surface area contributed by atoms with Gasteiger partial charge in [0.1, 0.15) is 0 Å². The molecule has 0 bridgehead atoms. The second-order valence-electron chi connectivity index (χ2n) is 7.32. The van der Waals surface area contributed by atoms with Gasteiger partial charge in [0.2, 0.25) is 0 Å². The number of urea groups is 1. The van der Waals surface area contributed by atoms with Crippen LogP contribution in [0.15, 0.2) is 83.9 Å². The molecule has 8 heteroatoms. The summed E-state index contributed by atoms with van der Waals surface area (Å²) in [4.78, 5) is 42.2. The van der Waals surface area contributed by atoms with Gasteiger partial charge in [0.05, 0.1) is 30.4 Å². The monoisotopic (exact) mass is 442 g/mol. The van der Waals surface area contributed by atoms with Gasteiger partial charge in [-0.1, -0.05) is 42.5 Å².